The highest BCUT2D eigenvalue weighted by molar-refractivity contribution is 5.80. The summed E-state index contributed by atoms with van der Waals surface area (Å²) in [5, 5.41) is 3.04. The third-order valence-corrected chi connectivity index (χ3v) is 2.85. The second-order valence-electron chi connectivity index (χ2n) is 3.65. The average molecular weight is 200 g/mol. The molecule has 2 unspecified atom stereocenters. The number of nitrogens with one attached hydrogen (secondary N) is 1. The summed E-state index contributed by atoms with van der Waals surface area (Å²) in [6.45, 7) is 2.40. The lowest BCUT2D eigenvalue weighted by Gasteiger charge is -2.36. The molecule has 0 aromatic heterocycles. The standard InChI is InChI=1S/C9H16N2O3/c1-13-8-5-14-3-2-7(8)11-6-10-4-9(11)12/h7-8,10H,2-6H2,1H3. The van der Waals surface area contributed by atoms with Crippen molar-refractivity contribution in [3.63, 3.8) is 0 Å². The minimum absolute atomic E-state index is 0.0209. The summed E-state index contributed by atoms with van der Waals surface area (Å²) in [6.07, 6.45) is 0.888. The molecule has 0 aliphatic carbocycles. The SMILES string of the molecule is COC1COCCC1N1CNCC1=O. The Balaban J connectivity index is 2.02. The first kappa shape index (κ1) is 9.89. The zero-order valence-electron chi connectivity index (χ0n) is 8.36. The van der Waals surface area contributed by atoms with E-state index in [0.29, 0.717) is 26.4 Å². The Labute approximate surface area is 83.3 Å². The lowest BCUT2D eigenvalue weighted by Crippen LogP contribution is -2.50. The summed E-state index contributed by atoms with van der Waals surface area (Å²) < 4.78 is 10.6. The van der Waals surface area contributed by atoms with E-state index in [0.717, 1.165) is 6.42 Å². The summed E-state index contributed by atoms with van der Waals surface area (Å²) in [6, 6.07) is 0.177. The zero-order valence-corrected chi connectivity index (χ0v) is 8.36. The normalized spacial score (nSPS) is 33.8. The van der Waals surface area contributed by atoms with Crippen LogP contribution in [0.3, 0.4) is 0 Å². The zero-order chi connectivity index (χ0) is 9.97. The van der Waals surface area contributed by atoms with Crippen molar-refractivity contribution in [3.8, 4) is 0 Å². The molecule has 1 amide bonds. The van der Waals surface area contributed by atoms with Crippen molar-refractivity contribution in [1.82, 2.24) is 10.2 Å². The largest absolute Gasteiger partial charge is 0.379 e. The van der Waals surface area contributed by atoms with E-state index in [1.807, 2.05) is 4.90 Å². The molecule has 5 nitrogen and oxygen atoms in total. The Morgan fingerprint density at radius 3 is 3.14 bits per heavy atom. The van der Waals surface area contributed by atoms with Crippen LogP contribution in [0.5, 0.6) is 0 Å². The van der Waals surface area contributed by atoms with Crippen LogP contribution in [-0.2, 0) is 14.3 Å². The van der Waals surface area contributed by atoms with E-state index in [9.17, 15) is 4.79 Å². The van der Waals surface area contributed by atoms with Crippen molar-refractivity contribution in [1.29, 1.82) is 0 Å². The molecule has 5 heteroatoms. The van der Waals surface area contributed by atoms with Gasteiger partial charge in [0.05, 0.1) is 25.9 Å². The van der Waals surface area contributed by atoms with Gasteiger partial charge in [0.2, 0.25) is 5.91 Å². The van der Waals surface area contributed by atoms with Crippen LogP contribution in [0.2, 0.25) is 0 Å². The molecule has 2 aliphatic heterocycles. The minimum atomic E-state index is 0.0209. The van der Waals surface area contributed by atoms with Crippen LogP contribution in [0.1, 0.15) is 6.42 Å². The molecule has 2 saturated heterocycles. The van der Waals surface area contributed by atoms with Crippen LogP contribution in [0.15, 0.2) is 0 Å². The topological polar surface area (TPSA) is 50.8 Å². The van der Waals surface area contributed by atoms with Crippen LogP contribution in [-0.4, -0.2) is 56.5 Å². The number of amides is 1. The quantitative estimate of drug-likeness (QED) is 0.632. The molecule has 2 aliphatic rings. The van der Waals surface area contributed by atoms with Gasteiger partial charge in [0.15, 0.2) is 0 Å². The molecule has 0 spiro atoms. The summed E-state index contributed by atoms with van der Waals surface area (Å²) in [4.78, 5) is 13.4. The van der Waals surface area contributed by atoms with E-state index < -0.39 is 0 Å². The van der Waals surface area contributed by atoms with Crippen molar-refractivity contribution in [2.45, 2.75) is 18.6 Å². The highest BCUT2D eigenvalue weighted by atomic mass is 16.5. The van der Waals surface area contributed by atoms with Gasteiger partial charge in [-0.15, -0.1) is 0 Å². The fourth-order valence-corrected chi connectivity index (χ4v) is 2.06. The van der Waals surface area contributed by atoms with Crippen LogP contribution < -0.4 is 5.32 Å². The van der Waals surface area contributed by atoms with Crippen molar-refractivity contribution in [2.24, 2.45) is 0 Å². The van der Waals surface area contributed by atoms with Crippen molar-refractivity contribution in [2.75, 3.05) is 33.5 Å². The van der Waals surface area contributed by atoms with Crippen molar-refractivity contribution in [3.05, 3.63) is 0 Å². The van der Waals surface area contributed by atoms with Crippen LogP contribution in [0.25, 0.3) is 0 Å². The number of hydrogen-bond acceptors (Lipinski definition) is 4. The van der Waals surface area contributed by atoms with Gasteiger partial charge < -0.3 is 14.4 Å². The van der Waals surface area contributed by atoms with Crippen molar-refractivity contribution < 1.29 is 14.3 Å². The van der Waals surface area contributed by atoms with E-state index in [1.54, 1.807) is 7.11 Å². The first-order valence-electron chi connectivity index (χ1n) is 4.93. The molecule has 0 aromatic carbocycles. The smallest absolute Gasteiger partial charge is 0.237 e. The van der Waals surface area contributed by atoms with E-state index in [1.165, 1.54) is 0 Å². The van der Waals surface area contributed by atoms with E-state index in [-0.39, 0.29) is 18.1 Å². The number of ether oxygens (including phenoxy) is 2. The van der Waals surface area contributed by atoms with E-state index in [2.05, 4.69) is 5.32 Å². The van der Waals surface area contributed by atoms with Gasteiger partial charge in [-0.2, -0.15) is 0 Å². The molecule has 0 bridgehead atoms. The minimum Gasteiger partial charge on any atom is -0.379 e. The van der Waals surface area contributed by atoms with Crippen LogP contribution in [0.4, 0.5) is 0 Å². The number of rotatable bonds is 2. The number of carbonyl (C=O) groups excluding carboxylic acids is 1. The third-order valence-electron chi connectivity index (χ3n) is 2.85. The maximum absolute atomic E-state index is 11.5. The number of carbonyl (C=O) groups is 1. The molecule has 2 atom stereocenters. The molecular formula is C9H16N2O3. The molecule has 2 rings (SSSR count). The van der Waals surface area contributed by atoms with Crippen molar-refractivity contribution >= 4 is 5.91 Å². The molecule has 0 radical (unpaired) electrons. The summed E-state index contributed by atoms with van der Waals surface area (Å²) in [5.41, 5.74) is 0. The Morgan fingerprint density at radius 2 is 2.50 bits per heavy atom. The fourth-order valence-electron chi connectivity index (χ4n) is 2.06. The Morgan fingerprint density at radius 1 is 1.64 bits per heavy atom. The molecule has 2 fully saturated rings. The Kier molecular flexibility index (Phi) is 3.00. The summed E-state index contributed by atoms with van der Waals surface area (Å²) in [7, 11) is 1.67. The summed E-state index contributed by atoms with van der Waals surface area (Å²) in [5.74, 6) is 0.166. The highest BCUT2D eigenvalue weighted by Crippen LogP contribution is 2.18. The first-order valence-corrected chi connectivity index (χ1v) is 4.93. The molecule has 0 saturated carbocycles. The Bertz CT molecular complexity index is 222. The number of hydrogen-bond donors (Lipinski definition) is 1. The monoisotopic (exact) mass is 200 g/mol. The van der Waals surface area contributed by atoms with E-state index >= 15 is 0 Å². The number of nitrogens with zero attached hydrogens (tertiary/aromatic N) is 1. The lowest BCUT2D eigenvalue weighted by atomic mass is 10.0. The van der Waals surface area contributed by atoms with Gasteiger partial charge >= 0.3 is 0 Å². The molecular weight excluding hydrogens is 184 g/mol. The van der Waals surface area contributed by atoms with Gasteiger partial charge in [-0.3, -0.25) is 10.1 Å². The molecule has 0 aromatic rings. The first-order chi connectivity index (χ1) is 6.83. The van der Waals surface area contributed by atoms with Gasteiger partial charge in [0, 0.05) is 13.7 Å². The molecule has 80 valence electrons. The third kappa shape index (κ3) is 1.75. The fraction of sp³-hybridized carbons (Fsp3) is 0.889. The van der Waals surface area contributed by atoms with Gasteiger partial charge in [-0.05, 0) is 6.42 Å². The van der Waals surface area contributed by atoms with E-state index in [4.69, 9.17) is 9.47 Å². The predicted octanol–water partition coefficient (Wildman–Crippen LogP) is -0.820. The highest BCUT2D eigenvalue weighted by Gasteiger charge is 2.35. The second kappa shape index (κ2) is 4.25. The van der Waals surface area contributed by atoms with Gasteiger partial charge in [0.1, 0.15) is 6.10 Å². The average Bonchev–Trinajstić information content (AvgIpc) is 2.64. The van der Waals surface area contributed by atoms with Gasteiger partial charge in [0.25, 0.3) is 0 Å². The summed E-state index contributed by atoms with van der Waals surface area (Å²) >= 11 is 0. The van der Waals surface area contributed by atoms with Gasteiger partial charge in [-0.25, -0.2) is 0 Å². The second-order valence-corrected chi connectivity index (χ2v) is 3.65. The predicted molar refractivity (Wildman–Crippen MR) is 49.7 cm³/mol. The lowest BCUT2D eigenvalue weighted by molar-refractivity contribution is -0.137. The maximum Gasteiger partial charge on any atom is 0.237 e. The Hall–Kier alpha value is -0.650. The van der Waals surface area contributed by atoms with Crippen LogP contribution in [0, 0.1) is 0 Å². The molecule has 2 heterocycles. The molecule has 14 heavy (non-hydrogen) atoms. The molecule has 1 N–H and O–H groups in total. The maximum atomic E-state index is 11.5. The number of methoxy groups -OCH3 is 1. The van der Waals surface area contributed by atoms with Crippen LogP contribution >= 0.6 is 0 Å². The van der Waals surface area contributed by atoms with Gasteiger partial charge in [-0.1, -0.05) is 0 Å².